The Kier molecular flexibility index (Phi) is 3.91. The monoisotopic (exact) mass is 234 g/mol. The maximum absolute atomic E-state index is 5.58. The van der Waals surface area contributed by atoms with Crippen LogP contribution in [0.25, 0.3) is 0 Å². The molecule has 0 unspecified atom stereocenters. The number of hydrogen-bond donors (Lipinski definition) is 1. The third-order valence-corrected chi connectivity index (χ3v) is 2.98. The van der Waals surface area contributed by atoms with Crippen molar-refractivity contribution in [3.05, 3.63) is 46.4 Å². The van der Waals surface area contributed by atoms with Gasteiger partial charge in [-0.15, -0.1) is 0 Å². The van der Waals surface area contributed by atoms with E-state index in [1.54, 1.807) is 17.5 Å². The van der Waals surface area contributed by atoms with E-state index in [-0.39, 0.29) is 0 Å². The van der Waals surface area contributed by atoms with Crippen LogP contribution in [0.1, 0.15) is 11.3 Å². The highest BCUT2D eigenvalue weighted by Crippen LogP contribution is 2.11. The quantitative estimate of drug-likeness (QED) is 0.863. The van der Waals surface area contributed by atoms with Gasteiger partial charge in [0.05, 0.1) is 18.5 Å². The first kappa shape index (κ1) is 11.1. The van der Waals surface area contributed by atoms with E-state index in [9.17, 15) is 0 Å². The van der Waals surface area contributed by atoms with E-state index < -0.39 is 0 Å². The zero-order valence-corrected chi connectivity index (χ0v) is 9.74. The van der Waals surface area contributed by atoms with Crippen molar-refractivity contribution in [3.63, 3.8) is 0 Å². The van der Waals surface area contributed by atoms with Gasteiger partial charge in [-0.05, 0) is 34.5 Å². The molecule has 2 aromatic heterocycles. The second kappa shape index (κ2) is 5.63. The number of aromatic nitrogens is 1. The largest absolute Gasteiger partial charge is 0.492 e. The Morgan fingerprint density at radius 1 is 1.31 bits per heavy atom. The lowest BCUT2D eigenvalue weighted by atomic mass is 10.2. The molecule has 2 N–H and O–H groups in total. The van der Waals surface area contributed by atoms with Gasteiger partial charge in [-0.3, -0.25) is 4.98 Å². The van der Waals surface area contributed by atoms with Crippen LogP contribution in [0.2, 0.25) is 0 Å². The molecule has 4 heteroatoms. The second-order valence-electron chi connectivity index (χ2n) is 3.42. The number of rotatable bonds is 5. The summed E-state index contributed by atoms with van der Waals surface area (Å²) in [6.07, 6.45) is 2.65. The van der Waals surface area contributed by atoms with Crippen LogP contribution >= 0.6 is 11.3 Å². The van der Waals surface area contributed by atoms with Gasteiger partial charge in [0.25, 0.3) is 0 Å². The van der Waals surface area contributed by atoms with Crippen molar-refractivity contribution >= 4 is 11.3 Å². The zero-order chi connectivity index (χ0) is 11.2. The van der Waals surface area contributed by atoms with E-state index in [1.165, 1.54) is 5.56 Å². The van der Waals surface area contributed by atoms with Crippen LogP contribution in [0.3, 0.4) is 0 Å². The molecule has 84 valence electrons. The van der Waals surface area contributed by atoms with Crippen molar-refractivity contribution in [2.45, 2.75) is 13.0 Å². The molecule has 3 nitrogen and oxygen atoms in total. The molecule has 16 heavy (non-hydrogen) atoms. The first-order chi connectivity index (χ1) is 7.88. The lowest BCUT2D eigenvalue weighted by Crippen LogP contribution is -2.02. The number of nitrogens with zero attached hydrogens (tertiary/aromatic N) is 1. The number of hydrogen-bond acceptors (Lipinski definition) is 4. The molecule has 0 amide bonds. The van der Waals surface area contributed by atoms with E-state index >= 15 is 0 Å². The SMILES string of the molecule is NCc1ccc(OCCc2ccsc2)cn1. The molecular weight excluding hydrogens is 220 g/mol. The van der Waals surface area contributed by atoms with Gasteiger partial charge in [0, 0.05) is 13.0 Å². The molecule has 0 bridgehead atoms. The maximum Gasteiger partial charge on any atom is 0.137 e. The molecule has 0 fully saturated rings. The minimum Gasteiger partial charge on any atom is -0.492 e. The van der Waals surface area contributed by atoms with Gasteiger partial charge in [0.15, 0.2) is 0 Å². The lowest BCUT2D eigenvalue weighted by Gasteiger charge is -2.05. The standard InChI is InChI=1S/C12H14N2OS/c13-7-11-1-2-12(8-14-11)15-5-3-10-4-6-16-9-10/h1-2,4,6,8-9H,3,5,7,13H2. The highest BCUT2D eigenvalue weighted by molar-refractivity contribution is 7.07. The molecular formula is C12H14N2OS. The van der Waals surface area contributed by atoms with Gasteiger partial charge in [-0.25, -0.2) is 0 Å². The van der Waals surface area contributed by atoms with Gasteiger partial charge < -0.3 is 10.5 Å². The van der Waals surface area contributed by atoms with Gasteiger partial charge in [-0.2, -0.15) is 11.3 Å². The second-order valence-corrected chi connectivity index (χ2v) is 4.20. The summed E-state index contributed by atoms with van der Waals surface area (Å²) in [5, 5.41) is 4.21. The fourth-order valence-electron chi connectivity index (χ4n) is 1.34. The lowest BCUT2D eigenvalue weighted by molar-refractivity contribution is 0.320. The minimum atomic E-state index is 0.467. The van der Waals surface area contributed by atoms with Crippen LogP contribution in [-0.4, -0.2) is 11.6 Å². The first-order valence-electron chi connectivity index (χ1n) is 5.17. The number of nitrogens with two attached hydrogens (primary N) is 1. The van der Waals surface area contributed by atoms with Crippen molar-refractivity contribution in [2.24, 2.45) is 5.73 Å². The van der Waals surface area contributed by atoms with Crippen LogP contribution in [0, 0.1) is 0 Å². The van der Waals surface area contributed by atoms with Crippen molar-refractivity contribution in [3.8, 4) is 5.75 Å². The van der Waals surface area contributed by atoms with Crippen molar-refractivity contribution in [1.29, 1.82) is 0 Å². The normalized spacial score (nSPS) is 10.3. The zero-order valence-electron chi connectivity index (χ0n) is 8.93. The summed E-state index contributed by atoms with van der Waals surface area (Å²) < 4.78 is 5.58. The molecule has 0 atom stereocenters. The van der Waals surface area contributed by atoms with Crippen LogP contribution < -0.4 is 10.5 Å². The Balaban J connectivity index is 1.81. The predicted octanol–water partition coefficient (Wildman–Crippen LogP) is 2.22. The molecule has 0 radical (unpaired) electrons. The molecule has 0 aromatic carbocycles. The van der Waals surface area contributed by atoms with Crippen LogP contribution in [0.15, 0.2) is 35.2 Å². The molecule has 0 aliphatic rings. The van der Waals surface area contributed by atoms with Crippen molar-refractivity contribution in [1.82, 2.24) is 4.98 Å². The summed E-state index contributed by atoms with van der Waals surface area (Å²) in [6, 6.07) is 5.91. The van der Waals surface area contributed by atoms with Crippen LogP contribution in [-0.2, 0) is 13.0 Å². The highest BCUT2D eigenvalue weighted by atomic mass is 32.1. The smallest absolute Gasteiger partial charge is 0.137 e. The topological polar surface area (TPSA) is 48.1 Å². The predicted molar refractivity (Wildman–Crippen MR) is 65.6 cm³/mol. The minimum absolute atomic E-state index is 0.467. The van der Waals surface area contributed by atoms with Crippen molar-refractivity contribution < 1.29 is 4.74 Å². The Morgan fingerprint density at radius 3 is 2.88 bits per heavy atom. The molecule has 0 saturated carbocycles. The molecule has 0 aliphatic heterocycles. The summed E-state index contributed by atoms with van der Waals surface area (Å²) in [5.41, 5.74) is 7.66. The average Bonchev–Trinajstić information content (AvgIpc) is 2.83. The average molecular weight is 234 g/mol. The van der Waals surface area contributed by atoms with Gasteiger partial charge in [-0.1, -0.05) is 0 Å². The Morgan fingerprint density at radius 2 is 2.25 bits per heavy atom. The number of thiophene rings is 1. The summed E-state index contributed by atoms with van der Waals surface area (Å²) in [6.45, 7) is 1.15. The van der Waals surface area contributed by atoms with Gasteiger partial charge in [0.1, 0.15) is 5.75 Å². The molecule has 0 saturated heterocycles. The Bertz CT molecular complexity index is 411. The van der Waals surface area contributed by atoms with Crippen molar-refractivity contribution in [2.75, 3.05) is 6.61 Å². The summed E-state index contributed by atoms with van der Waals surface area (Å²) in [7, 11) is 0. The Hall–Kier alpha value is -1.39. The fraction of sp³-hybridized carbons (Fsp3) is 0.250. The van der Waals surface area contributed by atoms with Gasteiger partial charge >= 0.3 is 0 Å². The van der Waals surface area contributed by atoms with E-state index in [4.69, 9.17) is 10.5 Å². The third kappa shape index (κ3) is 3.05. The molecule has 2 rings (SSSR count). The molecule has 2 aromatic rings. The van der Waals surface area contributed by atoms with E-state index in [1.807, 2.05) is 12.1 Å². The maximum atomic E-state index is 5.58. The van der Waals surface area contributed by atoms with E-state index in [2.05, 4.69) is 21.8 Å². The fourth-order valence-corrected chi connectivity index (χ4v) is 2.04. The highest BCUT2D eigenvalue weighted by Gasteiger charge is 1.97. The summed E-state index contributed by atoms with van der Waals surface area (Å²) >= 11 is 1.71. The van der Waals surface area contributed by atoms with Gasteiger partial charge in [0.2, 0.25) is 0 Å². The first-order valence-corrected chi connectivity index (χ1v) is 6.11. The molecule has 2 heterocycles. The molecule has 0 aliphatic carbocycles. The van der Waals surface area contributed by atoms with Crippen LogP contribution in [0.5, 0.6) is 5.75 Å². The number of ether oxygens (including phenoxy) is 1. The van der Waals surface area contributed by atoms with Crippen LogP contribution in [0.4, 0.5) is 0 Å². The number of pyridine rings is 1. The Labute approximate surface area is 98.9 Å². The van der Waals surface area contributed by atoms with E-state index in [0.29, 0.717) is 13.2 Å². The van der Waals surface area contributed by atoms with E-state index in [0.717, 1.165) is 17.9 Å². The summed E-state index contributed by atoms with van der Waals surface area (Å²) in [4.78, 5) is 4.16. The third-order valence-electron chi connectivity index (χ3n) is 2.25. The molecule has 0 spiro atoms. The summed E-state index contributed by atoms with van der Waals surface area (Å²) in [5.74, 6) is 0.799.